The van der Waals surface area contributed by atoms with Crippen molar-refractivity contribution in [1.82, 2.24) is 14.8 Å². The number of hydrogen-bond acceptors (Lipinski definition) is 7. The lowest BCUT2D eigenvalue weighted by Crippen LogP contribution is -2.13. The van der Waals surface area contributed by atoms with Crippen LogP contribution in [0.1, 0.15) is 52.6 Å². The van der Waals surface area contributed by atoms with E-state index in [0.717, 1.165) is 52.4 Å². The normalized spacial score (nSPS) is 13.3. The number of nitrogens with two attached hydrogens (primary N) is 1. The summed E-state index contributed by atoms with van der Waals surface area (Å²) in [4.78, 5) is 16.7. The van der Waals surface area contributed by atoms with E-state index in [1.165, 1.54) is 23.5 Å². The molecule has 1 aliphatic rings. The maximum absolute atomic E-state index is 15.4. The molecule has 0 radical (unpaired) electrons. The summed E-state index contributed by atoms with van der Waals surface area (Å²) in [6, 6.07) is 20.1. The van der Waals surface area contributed by atoms with Gasteiger partial charge in [-0.2, -0.15) is 5.10 Å². The molecule has 0 saturated heterocycles. The summed E-state index contributed by atoms with van der Waals surface area (Å²) in [6.45, 7) is 4.02. The van der Waals surface area contributed by atoms with E-state index in [4.69, 9.17) is 15.0 Å². The Morgan fingerprint density at radius 2 is 1.82 bits per heavy atom. The molecule has 1 fully saturated rings. The number of aromatic nitrogens is 3. The van der Waals surface area contributed by atoms with Gasteiger partial charge in [-0.3, -0.25) is 0 Å². The molecule has 5 aromatic rings. The van der Waals surface area contributed by atoms with Crippen LogP contribution in [0.2, 0.25) is 0 Å². The fourth-order valence-corrected chi connectivity index (χ4v) is 6.45. The number of nitrogens with zero attached hydrogens (tertiary/aromatic N) is 3. The molecule has 8 nitrogen and oxygen atoms in total. The summed E-state index contributed by atoms with van der Waals surface area (Å²) >= 11 is 1.29. The van der Waals surface area contributed by atoms with Gasteiger partial charge in [-0.1, -0.05) is 54.1 Å². The third-order valence-corrected chi connectivity index (χ3v) is 9.39. The predicted molar refractivity (Wildman–Crippen MR) is 168 cm³/mol. The standard InChI is InChI=1S/C33H31FN4O4S2/c1-3-42-32(39)29-19-43-33(36-29)38-30(15-21-9-10-21)27(17-24-13-14-26(18-28(24)34)44(35,40)41)31(37-38)25-6-4-5-23(16-25)22-11-7-20(2)8-12-22/h4-8,11-14,16,18-19,21H,3,9-10,15,17H2,1-2H3,(H2,35,40,41). The zero-order chi connectivity index (χ0) is 31.0. The first-order chi connectivity index (χ1) is 21.1. The van der Waals surface area contributed by atoms with Crippen molar-refractivity contribution >= 4 is 27.3 Å². The minimum atomic E-state index is -4.06. The van der Waals surface area contributed by atoms with Crippen LogP contribution in [0.4, 0.5) is 4.39 Å². The second kappa shape index (κ2) is 12.1. The van der Waals surface area contributed by atoms with E-state index in [9.17, 15) is 13.2 Å². The van der Waals surface area contributed by atoms with Gasteiger partial charge in [0.25, 0.3) is 0 Å². The van der Waals surface area contributed by atoms with E-state index in [-0.39, 0.29) is 23.6 Å². The number of aryl methyl sites for hydroxylation is 1. The number of rotatable bonds is 10. The zero-order valence-electron chi connectivity index (χ0n) is 24.3. The molecule has 2 N–H and O–H groups in total. The first-order valence-electron chi connectivity index (χ1n) is 14.3. The third-order valence-electron chi connectivity index (χ3n) is 7.67. The molecule has 226 valence electrons. The van der Waals surface area contributed by atoms with Crippen LogP contribution < -0.4 is 5.14 Å². The van der Waals surface area contributed by atoms with Gasteiger partial charge in [0, 0.05) is 22.9 Å². The molecular weight excluding hydrogens is 600 g/mol. The maximum atomic E-state index is 15.4. The fraction of sp³-hybridized carbons (Fsp3) is 0.242. The van der Waals surface area contributed by atoms with E-state index in [2.05, 4.69) is 35.3 Å². The number of esters is 1. The largest absolute Gasteiger partial charge is 0.461 e. The molecular formula is C33H31FN4O4S2. The van der Waals surface area contributed by atoms with Gasteiger partial charge in [0.1, 0.15) is 5.82 Å². The topological polar surface area (TPSA) is 117 Å². The van der Waals surface area contributed by atoms with Crippen molar-refractivity contribution in [2.75, 3.05) is 6.61 Å². The number of primary sulfonamides is 1. The fourth-order valence-electron chi connectivity index (χ4n) is 5.16. The number of carbonyl (C=O) groups is 1. The molecule has 3 aromatic carbocycles. The number of thiazole rings is 1. The highest BCUT2D eigenvalue weighted by molar-refractivity contribution is 7.89. The van der Waals surface area contributed by atoms with Crippen LogP contribution in [0.5, 0.6) is 0 Å². The summed E-state index contributed by atoms with van der Waals surface area (Å²) in [5.74, 6) is -0.718. The summed E-state index contributed by atoms with van der Waals surface area (Å²) in [5.41, 5.74) is 6.95. The van der Waals surface area contributed by atoms with Crippen LogP contribution >= 0.6 is 11.3 Å². The van der Waals surface area contributed by atoms with E-state index >= 15 is 4.39 Å². The van der Waals surface area contributed by atoms with Crippen molar-refractivity contribution in [2.24, 2.45) is 11.1 Å². The van der Waals surface area contributed by atoms with E-state index in [0.29, 0.717) is 28.7 Å². The van der Waals surface area contributed by atoms with Crippen LogP contribution in [0.25, 0.3) is 27.5 Å². The second-order valence-electron chi connectivity index (χ2n) is 11.0. The lowest BCUT2D eigenvalue weighted by atomic mass is 9.95. The second-order valence-corrected chi connectivity index (χ2v) is 13.4. The molecule has 0 bridgehead atoms. The SMILES string of the molecule is CCOC(=O)c1csc(-n2nc(-c3cccc(-c4ccc(C)cc4)c3)c(Cc3ccc(S(N)(=O)=O)cc3F)c2CC2CC2)n1. The average Bonchev–Trinajstić information content (AvgIpc) is 3.56. The number of carbonyl (C=O) groups excluding carboxylic acids is 1. The molecule has 0 unspecified atom stereocenters. The Kier molecular flexibility index (Phi) is 8.19. The molecule has 6 rings (SSSR count). The van der Waals surface area contributed by atoms with E-state index in [1.807, 2.05) is 25.1 Å². The molecule has 2 aromatic heterocycles. The number of halogens is 1. The van der Waals surface area contributed by atoms with Gasteiger partial charge >= 0.3 is 5.97 Å². The highest BCUT2D eigenvalue weighted by Crippen LogP contribution is 2.39. The summed E-state index contributed by atoms with van der Waals surface area (Å²) < 4.78 is 46.0. The number of sulfonamides is 1. The molecule has 1 saturated carbocycles. The quantitative estimate of drug-likeness (QED) is 0.177. The first kappa shape index (κ1) is 29.9. The Balaban J connectivity index is 1.51. The molecule has 0 atom stereocenters. The van der Waals surface area contributed by atoms with Gasteiger partial charge in [-0.15, -0.1) is 11.3 Å². The van der Waals surface area contributed by atoms with Crippen LogP contribution in [0.3, 0.4) is 0 Å². The first-order valence-corrected chi connectivity index (χ1v) is 16.8. The Morgan fingerprint density at radius 1 is 1.07 bits per heavy atom. The van der Waals surface area contributed by atoms with Crippen LogP contribution in [0, 0.1) is 18.7 Å². The molecule has 1 aliphatic carbocycles. The highest BCUT2D eigenvalue weighted by atomic mass is 32.2. The van der Waals surface area contributed by atoms with E-state index < -0.39 is 21.8 Å². The van der Waals surface area contributed by atoms with E-state index in [1.54, 1.807) is 17.0 Å². The minimum Gasteiger partial charge on any atom is -0.461 e. The van der Waals surface area contributed by atoms with Crippen molar-refractivity contribution in [1.29, 1.82) is 0 Å². The van der Waals surface area contributed by atoms with Gasteiger partial charge in [-0.25, -0.2) is 32.4 Å². The third kappa shape index (κ3) is 6.35. The van der Waals surface area contributed by atoms with Crippen LogP contribution in [0.15, 0.2) is 77.0 Å². The number of hydrogen-bond donors (Lipinski definition) is 1. The lowest BCUT2D eigenvalue weighted by Gasteiger charge is -2.11. The van der Waals surface area contributed by atoms with Crippen LogP contribution in [-0.2, 0) is 27.6 Å². The van der Waals surface area contributed by atoms with Crippen molar-refractivity contribution in [2.45, 2.75) is 44.4 Å². The molecule has 0 aliphatic heterocycles. The molecule has 0 spiro atoms. The van der Waals surface area contributed by atoms with Gasteiger partial charge in [-0.05, 0) is 73.9 Å². The number of benzene rings is 3. The van der Waals surface area contributed by atoms with Gasteiger partial charge in [0.2, 0.25) is 15.2 Å². The lowest BCUT2D eigenvalue weighted by molar-refractivity contribution is 0.0520. The monoisotopic (exact) mass is 630 g/mol. The molecule has 0 amide bonds. The molecule has 11 heteroatoms. The molecule has 2 heterocycles. The summed E-state index contributed by atoms with van der Waals surface area (Å²) in [6.07, 6.45) is 3.02. The maximum Gasteiger partial charge on any atom is 0.357 e. The predicted octanol–water partition coefficient (Wildman–Crippen LogP) is 6.48. The number of ether oxygens (including phenoxy) is 1. The molecule has 44 heavy (non-hydrogen) atoms. The average molecular weight is 631 g/mol. The van der Waals surface area contributed by atoms with Crippen molar-refractivity contribution in [3.8, 4) is 27.5 Å². The summed E-state index contributed by atoms with van der Waals surface area (Å²) in [5, 5.41) is 12.5. The van der Waals surface area contributed by atoms with Gasteiger partial charge in [0.15, 0.2) is 5.69 Å². The Morgan fingerprint density at radius 3 is 2.50 bits per heavy atom. The van der Waals surface area contributed by atoms with Crippen molar-refractivity contribution < 1.29 is 22.3 Å². The Bertz CT molecular complexity index is 1960. The van der Waals surface area contributed by atoms with Crippen molar-refractivity contribution in [3.63, 3.8) is 0 Å². The Labute approximate surface area is 259 Å². The smallest absolute Gasteiger partial charge is 0.357 e. The highest BCUT2D eigenvalue weighted by Gasteiger charge is 2.30. The van der Waals surface area contributed by atoms with Gasteiger partial charge in [0.05, 0.1) is 22.9 Å². The summed E-state index contributed by atoms with van der Waals surface area (Å²) in [7, 11) is -4.06. The van der Waals surface area contributed by atoms with Crippen LogP contribution in [-0.4, -0.2) is 35.8 Å². The van der Waals surface area contributed by atoms with Gasteiger partial charge < -0.3 is 4.74 Å². The van der Waals surface area contributed by atoms with Crippen molar-refractivity contribution in [3.05, 3.63) is 106 Å². The minimum absolute atomic E-state index is 0.166. The Hall–Kier alpha value is -4.19. The zero-order valence-corrected chi connectivity index (χ0v) is 25.9.